The summed E-state index contributed by atoms with van der Waals surface area (Å²) >= 11 is 0. The van der Waals surface area contributed by atoms with Crippen LogP contribution in [0.15, 0.2) is 106 Å². The number of hydrogen-bond acceptors (Lipinski definition) is 10. The van der Waals surface area contributed by atoms with Gasteiger partial charge in [-0.1, -0.05) is 36.4 Å². The lowest BCUT2D eigenvalue weighted by Crippen LogP contribution is -2.41. The highest BCUT2D eigenvalue weighted by molar-refractivity contribution is 6.29. The van der Waals surface area contributed by atoms with E-state index >= 15 is 0 Å². The highest BCUT2D eigenvalue weighted by Gasteiger charge is 2.33. The average Bonchev–Trinajstić information content (AvgIpc) is 3.72. The van der Waals surface area contributed by atoms with Gasteiger partial charge in [-0.2, -0.15) is 0 Å². The lowest BCUT2D eigenvalue weighted by Gasteiger charge is -2.29. The molecular formula is C32H36N2O8. The Morgan fingerprint density at radius 1 is 0.595 bits per heavy atom. The van der Waals surface area contributed by atoms with Crippen molar-refractivity contribution in [2.24, 2.45) is 0 Å². The Morgan fingerprint density at radius 2 is 0.976 bits per heavy atom. The number of ether oxygens (including phenoxy) is 4. The number of carbonyl (C=O) groups excluding carboxylic acids is 2. The summed E-state index contributed by atoms with van der Waals surface area (Å²) in [5.41, 5.74) is 0. The monoisotopic (exact) mass is 576 g/mol. The molecule has 4 atom stereocenters. The maximum atomic E-state index is 13.0. The van der Waals surface area contributed by atoms with E-state index in [0.29, 0.717) is 23.0 Å². The molecule has 0 fully saturated rings. The van der Waals surface area contributed by atoms with E-state index in [2.05, 4.69) is 0 Å². The number of rotatable bonds is 14. The largest absolute Gasteiger partial charge is 0.482 e. The second-order valence-corrected chi connectivity index (χ2v) is 9.99. The molecule has 2 heterocycles. The standard InChI is InChI=1S/C32H36N2O8/c1-33(2)29(21-27(25-17-11-19-37-25)39-23-13-7-5-8-14-23)41-31(35)32(36)42-30(34(3)4)22-28(26-18-12-20-38-26)40-24-15-9-6-10-16-24/h5-20,27-30H,21-22H2,1-4H3. The molecule has 4 unspecified atom stereocenters. The van der Waals surface area contributed by atoms with Gasteiger partial charge in [0.05, 0.1) is 12.5 Å². The smallest absolute Gasteiger partial charge is 0.419 e. The Hall–Kier alpha value is -4.54. The van der Waals surface area contributed by atoms with Gasteiger partial charge in [-0.3, -0.25) is 9.80 Å². The first-order chi connectivity index (χ1) is 20.3. The first-order valence-corrected chi connectivity index (χ1v) is 13.5. The summed E-state index contributed by atoms with van der Waals surface area (Å²) in [5.74, 6) is 0.104. The lowest BCUT2D eigenvalue weighted by molar-refractivity contribution is -0.185. The third-order valence-corrected chi connectivity index (χ3v) is 6.40. The van der Waals surface area contributed by atoms with Crippen LogP contribution >= 0.6 is 0 Å². The predicted molar refractivity (Wildman–Crippen MR) is 153 cm³/mol. The summed E-state index contributed by atoms with van der Waals surface area (Å²) in [7, 11) is 6.95. The zero-order chi connectivity index (χ0) is 29.9. The fourth-order valence-electron chi connectivity index (χ4n) is 4.16. The molecule has 4 rings (SSSR count). The number of carbonyl (C=O) groups is 2. The minimum Gasteiger partial charge on any atom is -0.482 e. The Labute approximate surface area is 245 Å². The first kappa shape index (κ1) is 30.4. The molecule has 2 aromatic carbocycles. The molecule has 0 N–H and O–H groups in total. The molecule has 2 aromatic heterocycles. The number of para-hydroxylation sites is 2. The summed E-state index contributed by atoms with van der Waals surface area (Å²) in [4.78, 5) is 29.3. The number of benzene rings is 2. The molecule has 0 amide bonds. The van der Waals surface area contributed by atoms with Gasteiger partial charge in [-0.25, -0.2) is 9.59 Å². The van der Waals surface area contributed by atoms with E-state index in [1.807, 2.05) is 60.7 Å². The van der Waals surface area contributed by atoms with Crippen molar-refractivity contribution in [1.29, 1.82) is 0 Å². The Balaban J connectivity index is 1.42. The molecule has 0 saturated carbocycles. The van der Waals surface area contributed by atoms with Crippen LogP contribution in [0.3, 0.4) is 0 Å². The number of nitrogens with zero attached hydrogens (tertiary/aromatic N) is 2. The zero-order valence-electron chi connectivity index (χ0n) is 24.1. The summed E-state index contributed by atoms with van der Waals surface area (Å²) < 4.78 is 34.7. The van der Waals surface area contributed by atoms with Crippen molar-refractivity contribution in [2.75, 3.05) is 28.2 Å². The highest BCUT2D eigenvalue weighted by Crippen LogP contribution is 2.29. The van der Waals surface area contributed by atoms with Crippen LogP contribution in [0, 0.1) is 0 Å². The van der Waals surface area contributed by atoms with Crippen LogP contribution in [-0.4, -0.2) is 62.4 Å². The van der Waals surface area contributed by atoms with E-state index in [1.165, 1.54) is 0 Å². The van der Waals surface area contributed by atoms with Gasteiger partial charge in [0.2, 0.25) is 0 Å². The molecule has 0 aliphatic heterocycles. The highest BCUT2D eigenvalue weighted by atomic mass is 16.6. The fourth-order valence-corrected chi connectivity index (χ4v) is 4.16. The van der Waals surface area contributed by atoms with Crippen molar-refractivity contribution in [3.05, 3.63) is 109 Å². The van der Waals surface area contributed by atoms with Gasteiger partial charge in [0.15, 0.2) is 24.7 Å². The van der Waals surface area contributed by atoms with Crippen LogP contribution in [0.5, 0.6) is 11.5 Å². The molecule has 0 bridgehead atoms. The van der Waals surface area contributed by atoms with Crippen molar-refractivity contribution in [1.82, 2.24) is 9.80 Å². The van der Waals surface area contributed by atoms with Gasteiger partial charge >= 0.3 is 11.9 Å². The zero-order valence-corrected chi connectivity index (χ0v) is 24.1. The fraction of sp³-hybridized carbons (Fsp3) is 0.312. The third kappa shape index (κ3) is 8.73. The van der Waals surface area contributed by atoms with Crippen molar-refractivity contribution in [3.8, 4) is 11.5 Å². The van der Waals surface area contributed by atoms with Crippen LogP contribution in [-0.2, 0) is 19.1 Å². The molecule has 222 valence electrons. The molecule has 0 aliphatic carbocycles. The second-order valence-electron chi connectivity index (χ2n) is 9.99. The summed E-state index contributed by atoms with van der Waals surface area (Å²) in [6, 6.07) is 25.6. The number of hydrogen-bond donors (Lipinski definition) is 0. The molecule has 0 aliphatic rings. The Morgan fingerprint density at radius 3 is 1.29 bits per heavy atom. The number of esters is 2. The number of furan rings is 2. The third-order valence-electron chi connectivity index (χ3n) is 6.40. The molecule has 42 heavy (non-hydrogen) atoms. The van der Waals surface area contributed by atoms with Crippen LogP contribution in [0.4, 0.5) is 0 Å². The van der Waals surface area contributed by atoms with Gasteiger partial charge in [0.25, 0.3) is 0 Å². The van der Waals surface area contributed by atoms with Crippen LogP contribution < -0.4 is 9.47 Å². The Kier molecular flexibility index (Phi) is 10.8. The Bertz CT molecular complexity index is 1240. The quantitative estimate of drug-likeness (QED) is 0.109. The van der Waals surface area contributed by atoms with Gasteiger partial charge in [0.1, 0.15) is 23.0 Å². The van der Waals surface area contributed by atoms with Gasteiger partial charge in [-0.15, -0.1) is 0 Å². The first-order valence-electron chi connectivity index (χ1n) is 13.5. The molecule has 0 spiro atoms. The van der Waals surface area contributed by atoms with Gasteiger partial charge in [-0.05, 0) is 76.7 Å². The average molecular weight is 577 g/mol. The van der Waals surface area contributed by atoms with E-state index in [-0.39, 0.29) is 12.8 Å². The topological polar surface area (TPSA) is 104 Å². The van der Waals surface area contributed by atoms with Crippen LogP contribution in [0.25, 0.3) is 0 Å². The van der Waals surface area contributed by atoms with Gasteiger partial charge in [0, 0.05) is 12.8 Å². The summed E-state index contributed by atoms with van der Waals surface area (Å²) in [6.45, 7) is 0. The lowest BCUT2D eigenvalue weighted by atomic mass is 10.1. The van der Waals surface area contributed by atoms with Crippen LogP contribution in [0.2, 0.25) is 0 Å². The maximum absolute atomic E-state index is 13.0. The van der Waals surface area contributed by atoms with E-state index in [9.17, 15) is 9.59 Å². The molecule has 0 saturated heterocycles. The summed E-state index contributed by atoms with van der Waals surface area (Å²) in [5, 5.41) is 0. The van der Waals surface area contributed by atoms with Crippen molar-refractivity contribution in [2.45, 2.75) is 37.5 Å². The van der Waals surface area contributed by atoms with E-state index in [4.69, 9.17) is 27.8 Å². The minimum atomic E-state index is -1.13. The van der Waals surface area contributed by atoms with Crippen molar-refractivity contribution >= 4 is 11.9 Å². The van der Waals surface area contributed by atoms with Gasteiger partial charge < -0.3 is 27.8 Å². The SMILES string of the molecule is CN(C)C(CC(Oc1ccccc1)c1ccco1)OC(=O)C(=O)OC(CC(Oc1ccccc1)c1ccco1)N(C)C. The summed E-state index contributed by atoms with van der Waals surface area (Å²) in [6.07, 6.45) is 0.661. The van der Waals surface area contributed by atoms with Crippen molar-refractivity contribution < 1.29 is 37.4 Å². The van der Waals surface area contributed by atoms with E-state index in [0.717, 1.165) is 0 Å². The molecule has 0 radical (unpaired) electrons. The minimum absolute atomic E-state index is 0.191. The van der Waals surface area contributed by atoms with Crippen LogP contribution in [0.1, 0.15) is 36.6 Å². The normalized spacial score (nSPS) is 14.1. The van der Waals surface area contributed by atoms with Crippen molar-refractivity contribution in [3.63, 3.8) is 0 Å². The molecule has 10 heteroatoms. The molecular weight excluding hydrogens is 540 g/mol. The molecule has 4 aromatic rings. The van der Waals surface area contributed by atoms with E-state index in [1.54, 1.807) is 74.8 Å². The second kappa shape index (κ2) is 14.9. The predicted octanol–water partition coefficient (Wildman–Crippen LogP) is 5.46. The molecule has 10 nitrogen and oxygen atoms in total. The maximum Gasteiger partial charge on any atom is 0.419 e. The van der Waals surface area contributed by atoms with E-state index < -0.39 is 36.6 Å².